The Morgan fingerprint density at radius 2 is 2.00 bits per heavy atom. The van der Waals surface area contributed by atoms with E-state index in [-0.39, 0.29) is 0 Å². The van der Waals surface area contributed by atoms with Crippen LogP contribution in [0.25, 0.3) is 0 Å². The molecule has 2 nitrogen and oxygen atoms in total. The van der Waals surface area contributed by atoms with E-state index in [1.807, 2.05) is 25.1 Å². The molecule has 4 heteroatoms. The fourth-order valence-electron chi connectivity index (χ4n) is 1.75. The second-order valence-electron chi connectivity index (χ2n) is 4.26. The summed E-state index contributed by atoms with van der Waals surface area (Å²) < 4.78 is 5.50. The van der Waals surface area contributed by atoms with Crippen LogP contribution in [0.4, 0.5) is 0 Å². The van der Waals surface area contributed by atoms with Crippen LogP contribution in [-0.2, 0) is 11.2 Å². The van der Waals surface area contributed by atoms with E-state index in [0.717, 1.165) is 32.6 Å². The second kappa shape index (κ2) is 8.76. The molecule has 18 heavy (non-hydrogen) atoms. The molecule has 0 saturated carbocycles. The molecule has 1 aromatic rings. The van der Waals surface area contributed by atoms with Crippen LogP contribution in [0.5, 0.6) is 0 Å². The predicted octanol–water partition coefficient (Wildman–Crippen LogP) is 3.94. The standard InChI is InChI=1S/C14H21Cl2NO/c1-3-7-17-12(10-18-4-2)8-11-5-6-13(15)14(16)9-11/h5-6,9,12,17H,3-4,7-8,10H2,1-2H3. The minimum absolute atomic E-state index is 0.321. The van der Waals surface area contributed by atoms with Crippen molar-refractivity contribution >= 4 is 23.2 Å². The van der Waals surface area contributed by atoms with Gasteiger partial charge in [-0.3, -0.25) is 0 Å². The summed E-state index contributed by atoms with van der Waals surface area (Å²) in [5, 5.41) is 4.70. The molecular weight excluding hydrogens is 269 g/mol. The number of hydrogen-bond acceptors (Lipinski definition) is 2. The smallest absolute Gasteiger partial charge is 0.0622 e. The molecule has 0 bridgehead atoms. The average Bonchev–Trinajstić information content (AvgIpc) is 2.37. The van der Waals surface area contributed by atoms with Crippen molar-refractivity contribution in [3.63, 3.8) is 0 Å². The molecule has 0 aliphatic rings. The molecule has 1 aromatic carbocycles. The van der Waals surface area contributed by atoms with Gasteiger partial charge in [0.15, 0.2) is 0 Å². The lowest BCUT2D eigenvalue weighted by molar-refractivity contribution is 0.122. The van der Waals surface area contributed by atoms with Crippen LogP contribution in [0.1, 0.15) is 25.8 Å². The average molecular weight is 290 g/mol. The molecular formula is C14H21Cl2NO. The Morgan fingerprint density at radius 1 is 1.22 bits per heavy atom. The van der Waals surface area contributed by atoms with E-state index in [0.29, 0.717) is 16.1 Å². The lowest BCUT2D eigenvalue weighted by atomic mass is 10.1. The van der Waals surface area contributed by atoms with Gasteiger partial charge in [0.05, 0.1) is 16.7 Å². The van der Waals surface area contributed by atoms with Gasteiger partial charge in [-0.2, -0.15) is 0 Å². The Bertz CT molecular complexity index is 350. The first-order chi connectivity index (χ1) is 8.67. The minimum atomic E-state index is 0.321. The second-order valence-corrected chi connectivity index (χ2v) is 5.08. The number of ether oxygens (including phenoxy) is 1. The molecule has 0 aliphatic heterocycles. The van der Waals surface area contributed by atoms with Crippen molar-refractivity contribution in [2.45, 2.75) is 32.7 Å². The number of rotatable bonds is 8. The first-order valence-electron chi connectivity index (χ1n) is 6.42. The maximum absolute atomic E-state index is 6.02. The molecule has 0 radical (unpaired) electrons. The Labute approximate surface area is 120 Å². The summed E-state index contributed by atoms with van der Waals surface area (Å²) in [7, 11) is 0. The summed E-state index contributed by atoms with van der Waals surface area (Å²) in [6, 6.07) is 6.11. The van der Waals surface area contributed by atoms with Gasteiger partial charge >= 0.3 is 0 Å². The Hall–Kier alpha value is -0.280. The van der Waals surface area contributed by atoms with Crippen LogP contribution in [-0.4, -0.2) is 25.8 Å². The van der Waals surface area contributed by atoms with Crippen LogP contribution in [0, 0.1) is 0 Å². The zero-order valence-electron chi connectivity index (χ0n) is 11.0. The van der Waals surface area contributed by atoms with E-state index in [1.54, 1.807) is 0 Å². The number of nitrogens with one attached hydrogen (secondary N) is 1. The molecule has 0 spiro atoms. The van der Waals surface area contributed by atoms with Crippen LogP contribution in [0.2, 0.25) is 10.0 Å². The summed E-state index contributed by atoms with van der Waals surface area (Å²) >= 11 is 11.9. The largest absolute Gasteiger partial charge is 0.380 e. The molecule has 0 aromatic heterocycles. The highest BCUT2D eigenvalue weighted by atomic mass is 35.5. The molecule has 0 amide bonds. The number of benzene rings is 1. The van der Waals surface area contributed by atoms with E-state index in [4.69, 9.17) is 27.9 Å². The lowest BCUT2D eigenvalue weighted by Gasteiger charge is -2.18. The third-order valence-electron chi connectivity index (χ3n) is 2.67. The molecule has 0 saturated heterocycles. The van der Waals surface area contributed by atoms with Crippen molar-refractivity contribution in [3.05, 3.63) is 33.8 Å². The van der Waals surface area contributed by atoms with Crippen molar-refractivity contribution in [3.8, 4) is 0 Å². The summed E-state index contributed by atoms with van der Waals surface area (Å²) in [5.74, 6) is 0. The SMILES string of the molecule is CCCNC(COCC)Cc1ccc(Cl)c(Cl)c1. The topological polar surface area (TPSA) is 21.3 Å². The third-order valence-corrected chi connectivity index (χ3v) is 3.41. The van der Waals surface area contributed by atoms with Crippen molar-refractivity contribution in [1.29, 1.82) is 0 Å². The quantitative estimate of drug-likeness (QED) is 0.783. The van der Waals surface area contributed by atoms with Gasteiger partial charge in [-0.1, -0.05) is 36.2 Å². The predicted molar refractivity (Wildman–Crippen MR) is 78.7 cm³/mol. The molecule has 1 N–H and O–H groups in total. The molecule has 0 aliphatic carbocycles. The molecule has 1 unspecified atom stereocenters. The van der Waals surface area contributed by atoms with Gasteiger partial charge in [-0.25, -0.2) is 0 Å². The highest BCUT2D eigenvalue weighted by molar-refractivity contribution is 6.42. The number of hydrogen-bond donors (Lipinski definition) is 1. The van der Waals surface area contributed by atoms with Gasteiger partial charge in [0.2, 0.25) is 0 Å². The molecule has 0 fully saturated rings. The van der Waals surface area contributed by atoms with Crippen LogP contribution in [0.15, 0.2) is 18.2 Å². The molecule has 1 rings (SSSR count). The van der Waals surface area contributed by atoms with Crippen molar-refractivity contribution in [2.24, 2.45) is 0 Å². The van der Waals surface area contributed by atoms with Crippen LogP contribution in [0.3, 0.4) is 0 Å². The zero-order chi connectivity index (χ0) is 13.4. The highest BCUT2D eigenvalue weighted by Gasteiger charge is 2.10. The summed E-state index contributed by atoms with van der Waals surface area (Å²) in [6.45, 7) is 6.63. The lowest BCUT2D eigenvalue weighted by Crippen LogP contribution is -2.36. The van der Waals surface area contributed by atoms with Gasteiger partial charge in [0, 0.05) is 12.6 Å². The maximum Gasteiger partial charge on any atom is 0.0622 e. The molecule has 1 atom stereocenters. The fraction of sp³-hybridized carbons (Fsp3) is 0.571. The zero-order valence-corrected chi connectivity index (χ0v) is 12.5. The number of halogens is 2. The summed E-state index contributed by atoms with van der Waals surface area (Å²) in [4.78, 5) is 0. The third kappa shape index (κ3) is 5.57. The van der Waals surface area contributed by atoms with Gasteiger partial charge in [-0.05, 0) is 44.0 Å². The van der Waals surface area contributed by atoms with Crippen LogP contribution >= 0.6 is 23.2 Å². The Morgan fingerprint density at radius 3 is 2.61 bits per heavy atom. The van der Waals surface area contributed by atoms with E-state index >= 15 is 0 Å². The Balaban J connectivity index is 2.59. The first kappa shape index (κ1) is 15.8. The van der Waals surface area contributed by atoms with E-state index in [9.17, 15) is 0 Å². The Kier molecular flexibility index (Phi) is 7.68. The normalized spacial score (nSPS) is 12.7. The van der Waals surface area contributed by atoms with E-state index in [1.165, 1.54) is 5.56 Å². The van der Waals surface area contributed by atoms with Crippen LogP contribution < -0.4 is 5.32 Å². The van der Waals surface area contributed by atoms with E-state index < -0.39 is 0 Å². The van der Waals surface area contributed by atoms with E-state index in [2.05, 4.69) is 12.2 Å². The molecule has 0 heterocycles. The maximum atomic E-state index is 6.02. The van der Waals surface area contributed by atoms with Gasteiger partial charge in [0.1, 0.15) is 0 Å². The monoisotopic (exact) mass is 289 g/mol. The minimum Gasteiger partial charge on any atom is -0.380 e. The van der Waals surface area contributed by atoms with Crippen molar-refractivity contribution < 1.29 is 4.74 Å². The highest BCUT2D eigenvalue weighted by Crippen LogP contribution is 2.23. The van der Waals surface area contributed by atoms with Crippen molar-refractivity contribution in [2.75, 3.05) is 19.8 Å². The van der Waals surface area contributed by atoms with Gasteiger partial charge in [0.25, 0.3) is 0 Å². The van der Waals surface area contributed by atoms with Gasteiger partial charge < -0.3 is 10.1 Å². The van der Waals surface area contributed by atoms with Crippen molar-refractivity contribution in [1.82, 2.24) is 5.32 Å². The fourth-order valence-corrected chi connectivity index (χ4v) is 2.07. The van der Waals surface area contributed by atoms with Gasteiger partial charge in [-0.15, -0.1) is 0 Å². The summed E-state index contributed by atoms with van der Waals surface area (Å²) in [6.07, 6.45) is 2.01. The molecule has 102 valence electrons. The first-order valence-corrected chi connectivity index (χ1v) is 7.18. The summed E-state index contributed by atoms with van der Waals surface area (Å²) in [5.41, 5.74) is 1.18.